The molecule has 0 bridgehead atoms. The van der Waals surface area contributed by atoms with E-state index in [1.807, 2.05) is 32.0 Å². The Morgan fingerprint density at radius 1 is 1.43 bits per heavy atom. The molecule has 1 unspecified atom stereocenters. The molecule has 1 fully saturated rings. The molecule has 0 radical (unpaired) electrons. The number of rotatable bonds is 4. The lowest BCUT2D eigenvalue weighted by Gasteiger charge is -2.33. The van der Waals surface area contributed by atoms with Gasteiger partial charge < -0.3 is 15.1 Å². The number of carbonyl (C=O) groups is 1. The van der Waals surface area contributed by atoms with Gasteiger partial charge in [0.2, 0.25) is 5.91 Å². The molecule has 1 aliphatic rings. The van der Waals surface area contributed by atoms with Gasteiger partial charge in [-0.3, -0.25) is 4.79 Å². The molecule has 3 rings (SSSR count). The zero-order chi connectivity index (χ0) is 15.6. The highest BCUT2D eigenvalue weighted by atomic mass is 35.5. The molecule has 23 heavy (non-hydrogen) atoms. The third-order valence-electron chi connectivity index (χ3n) is 4.41. The van der Waals surface area contributed by atoms with Crippen molar-refractivity contribution in [3.63, 3.8) is 0 Å². The van der Waals surface area contributed by atoms with Gasteiger partial charge in [0, 0.05) is 13.0 Å². The van der Waals surface area contributed by atoms with Gasteiger partial charge in [0.05, 0.1) is 5.54 Å². The molecule has 1 atom stereocenters. The molecular weight excluding hydrogens is 314 g/mol. The predicted octanol–water partition coefficient (Wildman–Crippen LogP) is 2.75. The van der Waals surface area contributed by atoms with Gasteiger partial charge in [0.25, 0.3) is 0 Å². The minimum Gasteiger partial charge on any atom is -0.441 e. The van der Waals surface area contributed by atoms with Gasteiger partial charge in [-0.05, 0) is 51.3 Å². The Labute approximate surface area is 142 Å². The van der Waals surface area contributed by atoms with Gasteiger partial charge in [-0.25, -0.2) is 4.98 Å². The number of carbonyl (C=O) groups excluding carboxylic acids is 1. The highest BCUT2D eigenvalue weighted by Crippen LogP contribution is 2.20. The lowest BCUT2D eigenvalue weighted by atomic mass is 9.90. The second kappa shape index (κ2) is 7.32. The fraction of sp³-hybridized carbons (Fsp3) is 0.529. The van der Waals surface area contributed by atoms with E-state index in [2.05, 4.69) is 15.6 Å². The van der Waals surface area contributed by atoms with Gasteiger partial charge in [0.1, 0.15) is 5.52 Å². The van der Waals surface area contributed by atoms with Crippen LogP contribution in [0.25, 0.3) is 11.1 Å². The molecule has 0 spiro atoms. The average molecular weight is 338 g/mol. The molecule has 1 aliphatic heterocycles. The quantitative estimate of drug-likeness (QED) is 0.900. The summed E-state index contributed by atoms with van der Waals surface area (Å²) in [7, 11) is 0. The number of oxazole rings is 1. The van der Waals surface area contributed by atoms with E-state index in [1.54, 1.807) is 0 Å². The van der Waals surface area contributed by atoms with Gasteiger partial charge in [-0.2, -0.15) is 0 Å². The van der Waals surface area contributed by atoms with E-state index in [9.17, 15) is 4.79 Å². The zero-order valence-corrected chi connectivity index (χ0v) is 14.5. The molecule has 2 heterocycles. The molecule has 1 amide bonds. The molecule has 2 aromatic rings. The smallest absolute Gasteiger partial charge is 0.240 e. The Morgan fingerprint density at radius 3 is 2.96 bits per heavy atom. The van der Waals surface area contributed by atoms with Crippen molar-refractivity contribution in [1.82, 2.24) is 15.6 Å². The SMILES string of the molecule is Cc1cccc2oc(CCNC(=O)C3(C)CCCCN3)nc12.Cl. The van der Waals surface area contributed by atoms with Crippen molar-refractivity contribution in [1.29, 1.82) is 0 Å². The number of hydrogen-bond donors (Lipinski definition) is 2. The van der Waals surface area contributed by atoms with Crippen LogP contribution in [-0.2, 0) is 11.2 Å². The highest BCUT2D eigenvalue weighted by Gasteiger charge is 2.33. The number of fused-ring (bicyclic) bond motifs is 1. The van der Waals surface area contributed by atoms with Crippen LogP contribution >= 0.6 is 12.4 Å². The van der Waals surface area contributed by atoms with Crippen molar-refractivity contribution in [2.75, 3.05) is 13.1 Å². The van der Waals surface area contributed by atoms with Crippen molar-refractivity contribution >= 4 is 29.4 Å². The van der Waals surface area contributed by atoms with Crippen LogP contribution in [0.4, 0.5) is 0 Å². The summed E-state index contributed by atoms with van der Waals surface area (Å²) in [6.45, 7) is 5.45. The first kappa shape index (κ1) is 17.8. The normalized spacial score (nSPS) is 21.0. The summed E-state index contributed by atoms with van der Waals surface area (Å²) in [4.78, 5) is 16.8. The Morgan fingerprint density at radius 2 is 2.26 bits per heavy atom. The number of amides is 1. The van der Waals surface area contributed by atoms with Crippen molar-refractivity contribution in [3.05, 3.63) is 29.7 Å². The van der Waals surface area contributed by atoms with Crippen LogP contribution in [0.1, 0.15) is 37.6 Å². The number of aryl methyl sites for hydroxylation is 1. The molecule has 0 aliphatic carbocycles. The average Bonchev–Trinajstić information content (AvgIpc) is 2.92. The summed E-state index contributed by atoms with van der Waals surface area (Å²) in [5, 5.41) is 6.32. The van der Waals surface area contributed by atoms with Crippen molar-refractivity contribution in [3.8, 4) is 0 Å². The maximum atomic E-state index is 12.3. The number of nitrogens with one attached hydrogen (secondary N) is 2. The van der Waals surface area contributed by atoms with E-state index in [0.717, 1.165) is 42.5 Å². The number of nitrogens with zero attached hydrogens (tertiary/aromatic N) is 1. The van der Waals surface area contributed by atoms with Crippen LogP contribution in [0.2, 0.25) is 0 Å². The molecule has 1 aromatic heterocycles. The third-order valence-corrected chi connectivity index (χ3v) is 4.41. The minimum absolute atomic E-state index is 0. The molecule has 1 saturated heterocycles. The largest absolute Gasteiger partial charge is 0.441 e. The molecule has 126 valence electrons. The summed E-state index contributed by atoms with van der Waals surface area (Å²) >= 11 is 0. The predicted molar refractivity (Wildman–Crippen MR) is 93.0 cm³/mol. The van der Waals surface area contributed by atoms with Crippen LogP contribution < -0.4 is 10.6 Å². The van der Waals surface area contributed by atoms with Crippen LogP contribution in [0.15, 0.2) is 22.6 Å². The van der Waals surface area contributed by atoms with Crippen LogP contribution in [0.5, 0.6) is 0 Å². The van der Waals surface area contributed by atoms with Crippen LogP contribution in [-0.4, -0.2) is 29.5 Å². The Balaban J connectivity index is 0.00000192. The van der Waals surface area contributed by atoms with E-state index < -0.39 is 5.54 Å². The number of aromatic nitrogens is 1. The van der Waals surface area contributed by atoms with E-state index in [1.165, 1.54) is 0 Å². The second-order valence-electron chi connectivity index (χ2n) is 6.25. The first-order valence-corrected chi connectivity index (χ1v) is 7.97. The first-order valence-electron chi connectivity index (χ1n) is 7.97. The molecule has 1 aromatic carbocycles. The second-order valence-corrected chi connectivity index (χ2v) is 6.25. The summed E-state index contributed by atoms with van der Waals surface area (Å²) in [5.41, 5.74) is 2.39. The minimum atomic E-state index is -0.434. The van der Waals surface area contributed by atoms with E-state index >= 15 is 0 Å². The van der Waals surface area contributed by atoms with Crippen molar-refractivity contribution < 1.29 is 9.21 Å². The molecule has 5 nitrogen and oxygen atoms in total. The molecular formula is C17H24ClN3O2. The van der Waals surface area contributed by atoms with Crippen molar-refractivity contribution in [2.24, 2.45) is 0 Å². The highest BCUT2D eigenvalue weighted by molar-refractivity contribution is 5.86. The third kappa shape index (κ3) is 3.85. The summed E-state index contributed by atoms with van der Waals surface area (Å²) < 4.78 is 5.72. The van der Waals surface area contributed by atoms with Crippen molar-refractivity contribution in [2.45, 2.75) is 45.1 Å². The molecule has 6 heteroatoms. The lowest BCUT2D eigenvalue weighted by Crippen LogP contribution is -2.57. The maximum absolute atomic E-state index is 12.3. The fourth-order valence-electron chi connectivity index (χ4n) is 2.97. The van der Waals surface area contributed by atoms with E-state index in [4.69, 9.17) is 4.42 Å². The van der Waals surface area contributed by atoms with Gasteiger partial charge >= 0.3 is 0 Å². The number of para-hydroxylation sites is 1. The summed E-state index contributed by atoms with van der Waals surface area (Å²) in [6, 6.07) is 5.90. The summed E-state index contributed by atoms with van der Waals surface area (Å²) in [5.74, 6) is 0.742. The first-order chi connectivity index (χ1) is 10.6. The number of halogens is 1. The number of hydrogen-bond acceptors (Lipinski definition) is 4. The van der Waals surface area contributed by atoms with Gasteiger partial charge in [-0.1, -0.05) is 12.1 Å². The number of piperidine rings is 1. The standard InChI is InChI=1S/C17H23N3O2.ClH/c1-12-6-5-7-13-15(12)20-14(22-13)8-11-18-16(21)17(2)9-3-4-10-19-17;/h5-7,19H,3-4,8-11H2,1-2H3,(H,18,21);1H. The lowest BCUT2D eigenvalue weighted by molar-refractivity contribution is -0.127. The van der Waals surface area contributed by atoms with Crippen LogP contribution in [0.3, 0.4) is 0 Å². The van der Waals surface area contributed by atoms with Gasteiger partial charge in [0.15, 0.2) is 11.5 Å². The Hall–Kier alpha value is -1.59. The van der Waals surface area contributed by atoms with Gasteiger partial charge in [-0.15, -0.1) is 12.4 Å². The summed E-state index contributed by atoms with van der Waals surface area (Å²) in [6.07, 6.45) is 3.74. The topological polar surface area (TPSA) is 67.2 Å². The molecule has 2 N–H and O–H groups in total. The van der Waals surface area contributed by atoms with E-state index in [0.29, 0.717) is 18.9 Å². The zero-order valence-electron chi connectivity index (χ0n) is 13.6. The Kier molecular flexibility index (Phi) is 5.65. The maximum Gasteiger partial charge on any atom is 0.240 e. The molecule has 0 saturated carbocycles. The van der Waals surface area contributed by atoms with Crippen LogP contribution in [0, 0.1) is 6.92 Å². The van der Waals surface area contributed by atoms with E-state index in [-0.39, 0.29) is 18.3 Å². The fourth-order valence-corrected chi connectivity index (χ4v) is 2.97. The Bertz CT molecular complexity index is 678. The number of benzene rings is 1. The monoisotopic (exact) mass is 337 g/mol.